The second-order valence-electron chi connectivity index (χ2n) is 5.22. The van der Waals surface area contributed by atoms with E-state index in [1.54, 1.807) is 6.08 Å². The highest BCUT2D eigenvalue weighted by atomic mass is 32.2. The lowest BCUT2D eigenvalue weighted by Gasteiger charge is -2.02. The van der Waals surface area contributed by atoms with Crippen LogP contribution in [0.3, 0.4) is 0 Å². The third-order valence-electron chi connectivity index (χ3n) is 3.26. The summed E-state index contributed by atoms with van der Waals surface area (Å²) in [4.78, 5) is 17.1. The quantitative estimate of drug-likeness (QED) is 0.850. The van der Waals surface area contributed by atoms with Crippen molar-refractivity contribution >= 4 is 34.6 Å². The Kier molecular flexibility index (Phi) is 3.90. The van der Waals surface area contributed by atoms with Gasteiger partial charge in [0, 0.05) is 6.08 Å². The number of carbonyl (C=O) groups is 1. The molecule has 0 spiro atoms. The van der Waals surface area contributed by atoms with E-state index in [-0.39, 0.29) is 5.91 Å². The molecule has 2 heterocycles. The van der Waals surface area contributed by atoms with E-state index in [2.05, 4.69) is 16.4 Å². The third-order valence-corrected chi connectivity index (χ3v) is 4.17. The number of hydrogen-bond acceptors (Lipinski definition) is 4. The van der Waals surface area contributed by atoms with Crippen LogP contribution < -0.4 is 5.32 Å². The van der Waals surface area contributed by atoms with Crippen molar-refractivity contribution in [3.05, 3.63) is 57.9 Å². The van der Waals surface area contributed by atoms with Gasteiger partial charge in [-0.25, -0.2) is 4.99 Å². The Labute approximate surface area is 133 Å². The molecule has 0 bridgehead atoms. The maximum atomic E-state index is 12.0. The molecule has 1 aliphatic heterocycles. The minimum absolute atomic E-state index is 0.150. The number of nitrogens with one attached hydrogen (secondary N) is 1. The molecule has 112 valence electrons. The normalized spacial score (nSPS) is 18.2. The SMILES string of the molecule is Cc1ccc(N=C2NC(=O)C(=Cc3ccc(C)o3)S2)c(C)c1. The first-order valence-corrected chi connectivity index (χ1v) is 7.76. The summed E-state index contributed by atoms with van der Waals surface area (Å²) in [6.07, 6.45) is 1.73. The molecule has 1 aromatic heterocycles. The highest BCUT2D eigenvalue weighted by molar-refractivity contribution is 8.18. The maximum Gasteiger partial charge on any atom is 0.264 e. The van der Waals surface area contributed by atoms with E-state index >= 15 is 0 Å². The Bertz CT molecular complexity index is 803. The summed E-state index contributed by atoms with van der Waals surface area (Å²) >= 11 is 1.32. The number of amidine groups is 1. The van der Waals surface area contributed by atoms with Crippen LogP contribution in [0.1, 0.15) is 22.6 Å². The van der Waals surface area contributed by atoms with Crippen LogP contribution in [0.5, 0.6) is 0 Å². The van der Waals surface area contributed by atoms with Gasteiger partial charge in [-0.3, -0.25) is 4.79 Å². The lowest BCUT2D eigenvalue weighted by molar-refractivity contribution is -0.115. The molecule has 1 aliphatic rings. The number of benzene rings is 1. The molecular weight excluding hydrogens is 296 g/mol. The number of aryl methyl sites for hydroxylation is 3. The largest absolute Gasteiger partial charge is 0.462 e. The number of nitrogens with zero attached hydrogens (tertiary/aromatic N) is 1. The first-order chi connectivity index (χ1) is 10.5. The highest BCUT2D eigenvalue weighted by Crippen LogP contribution is 2.29. The molecule has 4 nitrogen and oxygen atoms in total. The number of aliphatic imine (C=N–C) groups is 1. The minimum Gasteiger partial charge on any atom is -0.462 e. The molecule has 1 N–H and O–H groups in total. The van der Waals surface area contributed by atoms with Gasteiger partial charge in [-0.1, -0.05) is 17.7 Å². The van der Waals surface area contributed by atoms with Crippen LogP contribution in [0, 0.1) is 20.8 Å². The zero-order chi connectivity index (χ0) is 15.7. The predicted octanol–water partition coefficient (Wildman–Crippen LogP) is 4.10. The lowest BCUT2D eigenvalue weighted by Crippen LogP contribution is -2.19. The highest BCUT2D eigenvalue weighted by Gasteiger charge is 2.24. The lowest BCUT2D eigenvalue weighted by atomic mass is 10.1. The molecule has 5 heteroatoms. The summed E-state index contributed by atoms with van der Waals surface area (Å²) in [5.41, 5.74) is 3.14. The van der Waals surface area contributed by atoms with Crippen molar-refractivity contribution in [1.29, 1.82) is 0 Å². The van der Waals surface area contributed by atoms with Gasteiger partial charge in [0.2, 0.25) is 0 Å². The van der Waals surface area contributed by atoms with Gasteiger partial charge in [-0.05, 0) is 56.3 Å². The Morgan fingerprint density at radius 1 is 1.18 bits per heavy atom. The number of furan rings is 1. The first kappa shape index (κ1) is 14.7. The zero-order valence-corrected chi connectivity index (χ0v) is 13.5. The standard InChI is InChI=1S/C17H16N2O2S/c1-10-4-7-14(11(2)8-10)18-17-19-16(20)15(22-17)9-13-6-5-12(3)21-13/h4-9H,1-3H3,(H,18,19,20). The Hall–Kier alpha value is -2.27. The molecule has 1 saturated heterocycles. The van der Waals surface area contributed by atoms with Crippen molar-refractivity contribution in [2.24, 2.45) is 4.99 Å². The topological polar surface area (TPSA) is 54.6 Å². The van der Waals surface area contributed by atoms with E-state index in [4.69, 9.17) is 4.42 Å². The van der Waals surface area contributed by atoms with Crippen LogP contribution >= 0.6 is 11.8 Å². The van der Waals surface area contributed by atoms with Crippen molar-refractivity contribution < 1.29 is 9.21 Å². The van der Waals surface area contributed by atoms with Crippen molar-refractivity contribution in [1.82, 2.24) is 5.32 Å². The summed E-state index contributed by atoms with van der Waals surface area (Å²) in [6.45, 7) is 5.93. The second kappa shape index (κ2) is 5.85. The average Bonchev–Trinajstić information content (AvgIpc) is 3.00. The molecule has 0 unspecified atom stereocenters. The van der Waals surface area contributed by atoms with Gasteiger partial charge in [0.15, 0.2) is 5.17 Å². The second-order valence-corrected chi connectivity index (χ2v) is 6.25. The van der Waals surface area contributed by atoms with Crippen molar-refractivity contribution in [2.45, 2.75) is 20.8 Å². The molecule has 0 radical (unpaired) electrons. The van der Waals surface area contributed by atoms with Crippen LogP contribution in [0.2, 0.25) is 0 Å². The fraction of sp³-hybridized carbons (Fsp3) is 0.176. The van der Waals surface area contributed by atoms with E-state index in [9.17, 15) is 4.79 Å². The summed E-state index contributed by atoms with van der Waals surface area (Å²) < 4.78 is 5.47. The number of carbonyl (C=O) groups excluding carboxylic acids is 1. The number of amides is 1. The van der Waals surface area contributed by atoms with Crippen LogP contribution in [0.15, 0.2) is 44.6 Å². The summed E-state index contributed by atoms with van der Waals surface area (Å²) in [5, 5.41) is 3.37. The van der Waals surface area contributed by atoms with Crippen LogP contribution in [-0.2, 0) is 4.79 Å². The molecule has 0 atom stereocenters. The Balaban J connectivity index is 1.85. The summed E-state index contributed by atoms with van der Waals surface area (Å²) in [5.74, 6) is 1.34. The van der Waals surface area contributed by atoms with E-state index in [0.717, 1.165) is 17.0 Å². The first-order valence-electron chi connectivity index (χ1n) is 6.94. The monoisotopic (exact) mass is 312 g/mol. The van der Waals surface area contributed by atoms with Gasteiger partial charge < -0.3 is 9.73 Å². The Morgan fingerprint density at radius 2 is 2.00 bits per heavy atom. The minimum atomic E-state index is -0.150. The molecule has 22 heavy (non-hydrogen) atoms. The van der Waals surface area contributed by atoms with Crippen molar-refractivity contribution in [2.75, 3.05) is 0 Å². The molecular formula is C17H16N2O2S. The molecule has 1 amide bonds. The molecule has 1 aromatic carbocycles. The molecule has 0 saturated carbocycles. The van der Waals surface area contributed by atoms with E-state index in [0.29, 0.717) is 15.8 Å². The number of rotatable bonds is 2. The van der Waals surface area contributed by atoms with Crippen molar-refractivity contribution in [3.63, 3.8) is 0 Å². The van der Waals surface area contributed by atoms with Gasteiger partial charge in [0.1, 0.15) is 11.5 Å². The zero-order valence-electron chi connectivity index (χ0n) is 12.6. The average molecular weight is 312 g/mol. The van der Waals surface area contributed by atoms with Gasteiger partial charge >= 0.3 is 0 Å². The number of hydrogen-bond donors (Lipinski definition) is 1. The fourth-order valence-corrected chi connectivity index (χ4v) is 3.00. The van der Waals surface area contributed by atoms with Crippen molar-refractivity contribution in [3.8, 4) is 0 Å². The summed E-state index contributed by atoms with van der Waals surface area (Å²) in [6, 6.07) is 9.76. The van der Waals surface area contributed by atoms with E-state index in [1.807, 2.05) is 45.0 Å². The molecule has 3 rings (SSSR count). The third kappa shape index (κ3) is 3.14. The molecule has 1 fully saturated rings. The van der Waals surface area contributed by atoms with Gasteiger partial charge in [0.25, 0.3) is 5.91 Å². The molecule has 2 aromatic rings. The Morgan fingerprint density at radius 3 is 2.68 bits per heavy atom. The van der Waals surface area contributed by atoms with Gasteiger partial charge in [-0.15, -0.1) is 0 Å². The maximum absolute atomic E-state index is 12.0. The fourth-order valence-electron chi connectivity index (χ4n) is 2.18. The predicted molar refractivity (Wildman–Crippen MR) is 90.2 cm³/mol. The smallest absolute Gasteiger partial charge is 0.264 e. The molecule has 0 aliphatic carbocycles. The number of thioether (sulfide) groups is 1. The van der Waals surface area contributed by atoms with Gasteiger partial charge in [0.05, 0.1) is 10.6 Å². The van der Waals surface area contributed by atoms with Crippen LogP contribution in [-0.4, -0.2) is 11.1 Å². The summed E-state index contributed by atoms with van der Waals surface area (Å²) in [7, 11) is 0. The van der Waals surface area contributed by atoms with E-state index in [1.165, 1.54) is 17.3 Å². The van der Waals surface area contributed by atoms with Crippen LogP contribution in [0.4, 0.5) is 5.69 Å². The van der Waals surface area contributed by atoms with E-state index < -0.39 is 0 Å². The van der Waals surface area contributed by atoms with Crippen LogP contribution in [0.25, 0.3) is 6.08 Å². The van der Waals surface area contributed by atoms with Gasteiger partial charge in [-0.2, -0.15) is 0 Å².